The quantitative estimate of drug-likeness (QED) is 0.544. The number of halogens is 3. The van der Waals surface area contributed by atoms with E-state index < -0.39 is 23.7 Å². The lowest BCUT2D eigenvalue weighted by atomic mass is 10.1. The summed E-state index contributed by atoms with van der Waals surface area (Å²) in [6, 6.07) is 13.0. The van der Waals surface area contributed by atoms with Crippen molar-refractivity contribution in [2.75, 3.05) is 16.0 Å². The van der Waals surface area contributed by atoms with E-state index in [-0.39, 0.29) is 17.2 Å². The molecule has 1 heterocycles. The molecule has 0 atom stereocenters. The fourth-order valence-electron chi connectivity index (χ4n) is 2.42. The Hall–Kier alpha value is -3.40. The number of hydrogen-bond donors (Lipinski definition) is 3. The molecule has 0 fully saturated rings. The van der Waals surface area contributed by atoms with E-state index in [1.165, 1.54) is 18.2 Å². The molecule has 0 saturated carbocycles. The van der Waals surface area contributed by atoms with Crippen LogP contribution in [-0.2, 0) is 17.4 Å². The summed E-state index contributed by atoms with van der Waals surface area (Å²) in [7, 11) is 0. The number of rotatable bonds is 5. The molecule has 0 aliphatic heterocycles. The largest absolute Gasteiger partial charge is 0.418 e. The Kier molecular flexibility index (Phi) is 6.13. The number of alkyl halides is 3. The second kappa shape index (κ2) is 8.74. The molecule has 1 aromatic heterocycles. The van der Waals surface area contributed by atoms with Crippen LogP contribution in [0.15, 0.2) is 60.0 Å². The van der Waals surface area contributed by atoms with Gasteiger partial charge in [-0.2, -0.15) is 13.2 Å². The highest BCUT2D eigenvalue weighted by atomic mass is 32.1. The second-order valence-electron chi connectivity index (χ2n) is 5.86. The van der Waals surface area contributed by atoms with Crippen molar-refractivity contribution in [1.29, 1.82) is 0 Å². The Morgan fingerprint density at radius 1 is 0.931 bits per heavy atom. The van der Waals surface area contributed by atoms with Crippen molar-refractivity contribution >= 4 is 39.8 Å². The van der Waals surface area contributed by atoms with Gasteiger partial charge >= 0.3 is 12.2 Å². The number of nitrogens with zero attached hydrogens (tertiary/aromatic N) is 1. The van der Waals surface area contributed by atoms with Crippen molar-refractivity contribution in [1.82, 2.24) is 4.98 Å². The lowest BCUT2D eigenvalue weighted by molar-refractivity contribution is -0.137. The summed E-state index contributed by atoms with van der Waals surface area (Å²) < 4.78 is 39.0. The molecule has 10 heteroatoms. The highest BCUT2D eigenvalue weighted by molar-refractivity contribution is 7.14. The maximum atomic E-state index is 13.0. The first-order valence-electron chi connectivity index (χ1n) is 8.35. The van der Waals surface area contributed by atoms with Gasteiger partial charge < -0.3 is 10.6 Å². The van der Waals surface area contributed by atoms with Crippen molar-refractivity contribution in [3.63, 3.8) is 0 Å². The van der Waals surface area contributed by atoms with Crippen molar-refractivity contribution in [3.05, 3.63) is 71.2 Å². The molecular weight excluding hydrogens is 405 g/mol. The van der Waals surface area contributed by atoms with Crippen LogP contribution in [0.1, 0.15) is 11.3 Å². The van der Waals surface area contributed by atoms with Gasteiger partial charge in [-0.05, 0) is 24.3 Å². The third-order valence-electron chi connectivity index (χ3n) is 3.65. The number of aromatic nitrogens is 1. The van der Waals surface area contributed by atoms with Crippen molar-refractivity contribution < 1.29 is 22.8 Å². The summed E-state index contributed by atoms with van der Waals surface area (Å²) in [6.45, 7) is 0. The van der Waals surface area contributed by atoms with Crippen LogP contribution in [0.4, 0.5) is 34.5 Å². The first kappa shape index (κ1) is 20.3. The van der Waals surface area contributed by atoms with Crippen molar-refractivity contribution in [3.8, 4) is 0 Å². The standard InChI is InChI=1S/C19H15F3N4O2S/c20-19(21,22)14-8-4-5-9-15(14)25-16(27)10-13-11-29-18(24-13)26-17(28)23-12-6-2-1-3-7-12/h1-9,11H,10H2,(H,25,27)(H2,23,24,26,28). The van der Waals surface area contributed by atoms with E-state index in [4.69, 9.17) is 0 Å². The second-order valence-corrected chi connectivity index (χ2v) is 6.72. The molecular formula is C19H15F3N4O2S. The minimum Gasteiger partial charge on any atom is -0.325 e. The average molecular weight is 420 g/mol. The number of nitrogens with one attached hydrogen (secondary N) is 3. The summed E-state index contributed by atoms with van der Waals surface area (Å²) in [4.78, 5) is 28.2. The van der Waals surface area contributed by atoms with E-state index in [9.17, 15) is 22.8 Å². The van der Waals surface area contributed by atoms with E-state index in [0.717, 1.165) is 17.4 Å². The van der Waals surface area contributed by atoms with E-state index in [0.29, 0.717) is 11.4 Å². The first-order valence-corrected chi connectivity index (χ1v) is 9.23. The first-order chi connectivity index (χ1) is 13.8. The molecule has 3 N–H and O–H groups in total. The molecule has 0 aliphatic rings. The van der Waals surface area contributed by atoms with Gasteiger partial charge in [0.25, 0.3) is 0 Å². The topological polar surface area (TPSA) is 83.1 Å². The third-order valence-corrected chi connectivity index (χ3v) is 4.46. The van der Waals surface area contributed by atoms with Crippen LogP contribution < -0.4 is 16.0 Å². The molecule has 150 valence electrons. The number of para-hydroxylation sites is 2. The maximum absolute atomic E-state index is 13.0. The molecule has 0 saturated heterocycles. The molecule has 0 radical (unpaired) electrons. The monoisotopic (exact) mass is 420 g/mol. The van der Waals surface area contributed by atoms with Gasteiger partial charge in [0.2, 0.25) is 5.91 Å². The summed E-state index contributed by atoms with van der Waals surface area (Å²) in [5.41, 5.74) is -0.316. The summed E-state index contributed by atoms with van der Waals surface area (Å²) in [5, 5.41) is 9.23. The molecule has 3 amide bonds. The average Bonchev–Trinajstić information content (AvgIpc) is 3.08. The number of carbonyl (C=O) groups excluding carboxylic acids is 2. The summed E-state index contributed by atoms with van der Waals surface area (Å²) in [5.74, 6) is -0.646. The van der Waals surface area contributed by atoms with Crippen LogP contribution in [0, 0.1) is 0 Å². The molecule has 0 aliphatic carbocycles. The van der Waals surface area contributed by atoms with Crippen LogP contribution in [-0.4, -0.2) is 16.9 Å². The minimum atomic E-state index is -4.58. The lowest BCUT2D eigenvalue weighted by Gasteiger charge is -2.13. The van der Waals surface area contributed by atoms with Crippen molar-refractivity contribution in [2.45, 2.75) is 12.6 Å². The molecule has 0 bridgehead atoms. The van der Waals surface area contributed by atoms with Gasteiger partial charge in [0.15, 0.2) is 5.13 Å². The Bertz CT molecular complexity index is 1010. The smallest absolute Gasteiger partial charge is 0.325 e. The van der Waals surface area contributed by atoms with Gasteiger partial charge in [-0.25, -0.2) is 9.78 Å². The Morgan fingerprint density at radius 2 is 1.62 bits per heavy atom. The lowest BCUT2D eigenvalue weighted by Crippen LogP contribution is -2.20. The number of hydrogen-bond acceptors (Lipinski definition) is 4. The molecule has 0 spiro atoms. The van der Waals surface area contributed by atoms with Gasteiger partial charge in [-0.3, -0.25) is 10.1 Å². The Balaban J connectivity index is 1.58. The maximum Gasteiger partial charge on any atom is 0.418 e. The molecule has 2 aromatic carbocycles. The Labute approximate surface area is 167 Å². The SMILES string of the molecule is O=C(Cc1csc(NC(=O)Nc2ccccc2)n1)Nc1ccccc1C(F)(F)F. The molecule has 29 heavy (non-hydrogen) atoms. The minimum absolute atomic E-state index is 0.231. The fraction of sp³-hybridized carbons (Fsp3) is 0.105. The molecule has 3 rings (SSSR count). The summed E-state index contributed by atoms with van der Waals surface area (Å²) >= 11 is 1.10. The van der Waals surface area contributed by atoms with Gasteiger partial charge in [0.05, 0.1) is 23.4 Å². The van der Waals surface area contributed by atoms with Gasteiger partial charge in [0.1, 0.15) is 0 Å². The zero-order valence-corrected chi connectivity index (χ0v) is 15.6. The highest BCUT2D eigenvalue weighted by Gasteiger charge is 2.33. The number of amides is 3. The zero-order chi connectivity index (χ0) is 20.9. The Morgan fingerprint density at radius 3 is 2.34 bits per heavy atom. The number of benzene rings is 2. The van der Waals surface area contributed by atoms with Crippen LogP contribution in [0.2, 0.25) is 0 Å². The number of thiazole rings is 1. The van der Waals surface area contributed by atoms with Crippen molar-refractivity contribution in [2.24, 2.45) is 0 Å². The molecule has 6 nitrogen and oxygen atoms in total. The number of carbonyl (C=O) groups is 2. The predicted octanol–water partition coefficient (Wildman–Crippen LogP) is 4.99. The molecule has 3 aromatic rings. The van der Waals surface area contributed by atoms with Crippen LogP contribution in [0.25, 0.3) is 0 Å². The fourth-order valence-corrected chi connectivity index (χ4v) is 3.13. The number of anilines is 3. The van der Waals surface area contributed by atoms with Gasteiger partial charge in [-0.15, -0.1) is 11.3 Å². The molecule has 0 unspecified atom stereocenters. The normalized spacial score (nSPS) is 11.0. The van der Waals surface area contributed by atoms with Crippen LogP contribution in [0.5, 0.6) is 0 Å². The van der Waals surface area contributed by atoms with Crippen LogP contribution in [0.3, 0.4) is 0 Å². The third kappa shape index (κ3) is 5.79. The zero-order valence-electron chi connectivity index (χ0n) is 14.8. The summed E-state index contributed by atoms with van der Waals surface area (Å²) in [6.07, 6.45) is -4.81. The van der Waals surface area contributed by atoms with E-state index in [1.807, 2.05) is 6.07 Å². The van der Waals surface area contributed by atoms with Crippen LogP contribution >= 0.6 is 11.3 Å². The number of urea groups is 1. The van der Waals surface area contributed by atoms with Gasteiger partial charge in [0, 0.05) is 11.1 Å². The van der Waals surface area contributed by atoms with E-state index >= 15 is 0 Å². The van der Waals surface area contributed by atoms with E-state index in [1.54, 1.807) is 29.6 Å². The highest BCUT2D eigenvalue weighted by Crippen LogP contribution is 2.34. The van der Waals surface area contributed by atoms with E-state index in [2.05, 4.69) is 20.9 Å². The van der Waals surface area contributed by atoms with Gasteiger partial charge in [-0.1, -0.05) is 30.3 Å². The predicted molar refractivity (Wildman–Crippen MR) is 105 cm³/mol.